The normalized spacial score (nSPS) is 10.8. The molecule has 0 aliphatic rings. The SMILES string of the molecule is CCn1cnc2ncnc(NOCc3ccccc3)c21. The molecule has 0 fully saturated rings. The van der Waals surface area contributed by atoms with E-state index in [9.17, 15) is 0 Å². The van der Waals surface area contributed by atoms with E-state index in [0.717, 1.165) is 17.6 Å². The van der Waals surface area contributed by atoms with Gasteiger partial charge in [-0.2, -0.15) is 0 Å². The van der Waals surface area contributed by atoms with Gasteiger partial charge in [0.15, 0.2) is 11.5 Å². The Bertz CT molecular complexity index is 695. The molecule has 2 aromatic heterocycles. The molecule has 0 aliphatic carbocycles. The third-order valence-electron chi connectivity index (χ3n) is 3.00. The van der Waals surface area contributed by atoms with E-state index in [4.69, 9.17) is 4.84 Å². The largest absolute Gasteiger partial charge is 0.326 e. The molecule has 0 amide bonds. The first-order valence-electron chi connectivity index (χ1n) is 6.46. The summed E-state index contributed by atoms with van der Waals surface area (Å²) >= 11 is 0. The van der Waals surface area contributed by atoms with Crippen LogP contribution in [0.5, 0.6) is 0 Å². The summed E-state index contributed by atoms with van der Waals surface area (Å²) in [6.45, 7) is 3.31. The molecular weight excluding hydrogens is 254 g/mol. The Morgan fingerprint density at radius 2 is 2.00 bits per heavy atom. The second kappa shape index (κ2) is 5.66. The molecule has 0 aliphatic heterocycles. The number of benzene rings is 1. The van der Waals surface area contributed by atoms with Crippen LogP contribution in [0.15, 0.2) is 43.0 Å². The molecule has 0 saturated heterocycles. The highest BCUT2D eigenvalue weighted by Crippen LogP contribution is 2.18. The number of aromatic nitrogens is 4. The molecule has 2 heterocycles. The Hall–Kier alpha value is -2.47. The van der Waals surface area contributed by atoms with Crippen molar-refractivity contribution in [2.75, 3.05) is 5.48 Å². The minimum atomic E-state index is 0.465. The summed E-state index contributed by atoms with van der Waals surface area (Å²) in [4.78, 5) is 18.1. The van der Waals surface area contributed by atoms with Crippen LogP contribution in [0.2, 0.25) is 0 Å². The Morgan fingerprint density at radius 3 is 2.80 bits per heavy atom. The molecular formula is C14H15N5O. The Morgan fingerprint density at radius 1 is 1.15 bits per heavy atom. The molecule has 20 heavy (non-hydrogen) atoms. The summed E-state index contributed by atoms with van der Waals surface area (Å²) in [5, 5.41) is 0. The minimum Gasteiger partial charge on any atom is -0.326 e. The predicted octanol–water partition coefficient (Wildman–Crippen LogP) is 2.39. The van der Waals surface area contributed by atoms with Crippen LogP contribution in [0.4, 0.5) is 5.82 Å². The van der Waals surface area contributed by atoms with E-state index < -0.39 is 0 Å². The third kappa shape index (κ3) is 2.46. The number of nitrogens with one attached hydrogen (secondary N) is 1. The molecule has 0 radical (unpaired) electrons. The fourth-order valence-corrected chi connectivity index (χ4v) is 1.99. The van der Waals surface area contributed by atoms with Crippen molar-refractivity contribution in [2.24, 2.45) is 0 Å². The third-order valence-corrected chi connectivity index (χ3v) is 3.00. The second-order valence-corrected chi connectivity index (χ2v) is 4.30. The van der Waals surface area contributed by atoms with Crippen LogP contribution in [0, 0.1) is 0 Å². The lowest BCUT2D eigenvalue weighted by Crippen LogP contribution is -2.06. The standard InChI is InChI=1S/C14H15N5O/c1-2-19-10-17-13-12(19)14(16-9-15-13)18-20-8-11-6-4-3-5-7-11/h3-7,9-10H,2,8H2,1H3,(H,15,16,18). The van der Waals surface area contributed by atoms with Crippen molar-refractivity contribution in [3.63, 3.8) is 0 Å². The van der Waals surface area contributed by atoms with Gasteiger partial charge in [0.25, 0.3) is 0 Å². The lowest BCUT2D eigenvalue weighted by molar-refractivity contribution is 0.179. The average Bonchev–Trinajstić information content (AvgIpc) is 2.92. The van der Waals surface area contributed by atoms with E-state index in [1.54, 1.807) is 6.33 Å². The van der Waals surface area contributed by atoms with Gasteiger partial charge in [0, 0.05) is 6.54 Å². The van der Waals surface area contributed by atoms with Crippen molar-refractivity contribution in [3.05, 3.63) is 48.5 Å². The van der Waals surface area contributed by atoms with Gasteiger partial charge in [-0.05, 0) is 12.5 Å². The van der Waals surface area contributed by atoms with Gasteiger partial charge < -0.3 is 4.57 Å². The van der Waals surface area contributed by atoms with Gasteiger partial charge in [-0.3, -0.25) is 4.84 Å². The monoisotopic (exact) mass is 269 g/mol. The van der Waals surface area contributed by atoms with E-state index in [0.29, 0.717) is 18.1 Å². The Balaban J connectivity index is 1.76. The Labute approximate surface area is 116 Å². The molecule has 0 unspecified atom stereocenters. The summed E-state index contributed by atoms with van der Waals surface area (Å²) in [6.07, 6.45) is 3.23. The molecule has 3 rings (SSSR count). The molecule has 102 valence electrons. The fourth-order valence-electron chi connectivity index (χ4n) is 1.99. The first kappa shape index (κ1) is 12.6. The molecule has 6 nitrogen and oxygen atoms in total. The number of hydrogen-bond donors (Lipinski definition) is 1. The number of imidazole rings is 1. The molecule has 0 atom stereocenters. The molecule has 1 N–H and O–H groups in total. The number of nitrogens with zero attached hydrogens (tertiary/aromatic N) is 4. The maximum Gasteiger partial charge on any atom is 0.183 e. The van der Waals surface area contributed by atoms with Crippen molar-refractivity contribution in [2.45, 2.75) is 20.1 Å². The van der Waals surface area contributed by atoms with Crippen molar-refractivity contribution < 1.29 is 4.84 Å². The van der Waals surface area contributed by atoms with Gasteiger partial charge >= 0.3 is 0 Å². The summed E-state index contributed by atoms with van der Waals surface area (Å²) < 4.78 is 1.98. The van der Waals surface area contributed by atoms with Gasteiger partial charge in [0.05, 0.1) is 12.9 Å². The van der Waals surface area contributed by atoms with Crippen molar-refractivity contribution >= 4 is 17.0 Å². The highest BCUT2D eigenvalue weighted by Gasteiger charge is 2.09. The smallest absolute Gasteiger partial charge is 0.183 e. The Kier molecular flexibility index (Phi) is 3.56. The quantitative estimate of drug-likeness (QED) is 0.720. The van der Waals surface area contributed by atoms with Crippen molar-refractivity contribution in [3.8, 4) is 0 Å². The number of rotatable bonds is 5. The molecule has 0 saturated carbocycles. The number of fused-ring (bicyclic) bond motifs is 1. The molecule has 6 heteroatoms. The number of aryl methyl sites for hydroxylation is 1. The maximum atomic E-state index is 5.50. The summed E-state index contributed by atoms with van der Waals surface area (Å²) in [7, 11) is 0. The molecule has 1 aromatic carbocycles. The maximum absolute atomic E-state index is 5.50. The second-order valence-electron chi connectivity index (χ2n) is 4.30. The van der Waals surface area contributed by atoms with Crippen LogP contribution in [-0.2, 0) is 18.0 Å². The first-order chi connectivity index (χ1) is 9.88. The van der Waals surface area contributed by atoms with Crippen molar-refractivity contribution in [1.82, 2.24) is 19.5 Å². The van der Waals surface area contributed by atoms with E-state index in [-0.39, 0.29) is 0 Å². The van der Waals surface area contributed by atoms with Crippen molar-refractivity contribution in [1.29, 1.82) is 0 Å². The van der Waals surface area contributed by atoms with Crippen LogP contribution >= 0.6 is 0 Å². The lowest BCUT2D eigenvalue weighted by Gasteiger charge is -2.08. The number of hydrogen-bond acceptors (Lipinski definition) is 5. The zero-order chi connectivity index (χ0) is 13.8. The zero-order valence-electron chi connectivity index (χ0n) is 11.2. The van der Waals surface area contributed by atoms with Gasteiger partial charge in [-0.1, -0.05) is 30.3 Å². The van der Waals surface area contributed by atoms with E-state index >= 15 is 0 Å². The topological polar surface area (TPSA) is 64.9 Å². The first-order valence-corrected chi connectivity index (χ1v) is 6.46. The zero-order valence-corrected chi connectivity index (χ0v) is 11.2. The van der Waals surface area contributed by atoms with Gasteiger partial charge in [-0.25, -0.2) is 20.4 Å². The average molecular weight is 269 g/mol. The summed E-state index contributed by atoms with van der Waals surface area (Å²) in [6, 6.07) is 9.95. The van der Waals surface area contributed by atoms with E-state index in [1.165, 1.54) is 6.33 Å². The van der Waals surface area contributed by atoms with E-state index in [1.807, 2.05) is 41.8 Å². The minimum absolute atomic E-state index is 0.465. The molecule has 3 aromatic rings. The van der Waals surface area contributed by atoms with Crippen LogP contribution in [0.1, 0.15) is 12.5 Å². The van der Waals surface area contributed by atoms with E-state index in [2.05, 4.69) is 20.4 Å². The molecule has 0 bridgehead atoms. The predicted molar refractivity (Wildman–Crippen MR) is 75.9 cm³/mol. The van der Waals surface area contributed by atoms with Crippen LogP contribution in [-0.4, -0.2) is 19.5 Å². The number of anilines is 1. The summed E-state index contributed by atoms with van der Waals surface area (Å²) in [5.41, 5.74) is 5.49. The highest BCUT2D eigenvalue weighted by molar-refractivity contribution is 5.82. The van der Waals surface area contributed by atoms with Gasteiger partial charge in [0.1, 0.15) is 11.8 Å². The summed E-state index contributed by atoms with van der Waals surface area (Å²) in [5.74, 6) is 0.630. The van der Waals surface area contributed by atoms with Crippen LogP contribution in [0.3, 0.4) is 0 Å². The lowest BCUT2D eigenvalue weighted by atomic mass is 10.2. The molecule has 0 spiro atoms. The van der Waals surface area contributed by atoms with Gasteiger partial charge in [0.2, 0.25) is 0 Å². The van der Waals surface area contributed by atoms with Gasteiger partial charge in [-0.15, -0.1) is 0 Å². The van der Waals surface area contributed by atoms with Crippen LogP contribution < -0.4 is 5.48 Å². The van der Waals surface area contributed by atoms with Crippen LogP contribution in [0.25, 0.3) is 11.2 Å². The highest BCUT2D eigenvalue weighted by atomic mass is 16.6. The fraction of sp³-hybridized carbons (Fsp3) is 0.214.